The molecule has 0 aromatic rings. The van der Waals surface area contributed by atoms with Gasteiger partial charge in [-0.1, -0.05) is 0 Å². The fourth-order valence-corrected chi connectivity index (χ4v) is 4.46. The topological polar surface area (TPSA) is 118 Å². The molecule has 0 radical (unpaired) electrons. The van der Waals surface area contributed by atoms with Gasteiger partial charge in [-0.05, 0) is 39.2 Å². The molecule has 4 saturated heterocycles. The molecule has 9 heteroatoms. The lowest BCUT2D eigenvalue weighted by molar-refractivity contribution is -0.138. The first-order valence-electron chi connectivity index (χ1n) is 9.19. The van der Waals surface area contributed by atoms with Crippen LogP contribution in [0.4, 0.5) is 4.79 Å². The number of urea groups is 1. The molecule has 4 aliphatic rings. The van der Waals surface area contributed by atoms with Crippen molar-refractivity contribution in [2.75, 3.05) is 13.2 Å². The number of amides is 3. The average molecular weight is 353 g/mol. The van der Waals surface area contributed by atoms with Gasteiger partial charge in [0, 0.05) is 6.61 Å². The summed E-state index contributed by atoms with van der Waals surface area (Å²) >= 11 is 0. The first kappa shape index (κ1) is 17.0. The minimum absolute atomic E-state index is 0.00962. The number of hydrogen-bond donors (Lipinski definition) is 4. The second kappa shape index (κ2) is 6.71. The van der Waals surface area contributed by atoms with Crippen LogP contribution in [0.25, 0.3) is 0 Å². The maximum absolute atomic E-state index is 12.6. The SMILES string of the molecule is C[C@H]1CCOC2CCNC3NC(=O)N(C4CCC(C(N)=O)C(N4)O1)C32. The van der Waals surface area contributed by atoms with Crippen LogP contribution in [-0.2, 0) is 14.3 Å². The van der Waals surface area contributed by atoms with Crippen LogP contribution in [0.1, 0.15) is 32.6 Å². The quantitative estimate of drug-likeness (QED) is 0.482. The molecule has 3 amide bonds. The van der Waals surface area contributed by atoms with Crippen LogP contribution < -0.4 is 21.7 Å². The van der Waals surface area contributed by atoms with Crippen molar-refractivity contribution < 1.29 is 19.1 Å². The molecule has 0 aliphatic carbocycles. The monoisotopic (exact) mass is 353 g/mol. The summed E-state index contributed by atoms with van der Waals surface area (Å²) in [5.41, 5.74) is 5.56. The van der Waals surface area contributed by atoms with Crippen molar-refractivity contribution in [3.63, 3.8) is 0 Å². The average Bonchev–Trinajstić information content (AvgIpc) is 2.90. The van der Waals surface area contributed by atoms with Crippen molar-refractivity contribution in [1.29, 1.82) is 0 Å². The first-order chi connectivity index (χ1) is 12.0. The summed E-state index contributed by atoms with van der Waals surface area (Å²) < 4.78 is 12.2. The number of nitrogens with two attached hydrogens (primary N) is 1. The Hall–Kier alpha value is -1.42. The van der Waals surface area contributed by atoms with E-state index in [9.17, 15) is 9.59 Å². The highest BCUT2D eigenvalue weighted by molar-refractivity contribution is 5.79. The van der Waals surface area contributed by atoms with Crippen molar-refractivity contribution in [3.8, 4) is 0 Å². The van der Waals surface area contributed by atoms with E-state index in [4.69, 9.17) is 15.2 Å². The third kappa shape index (κ3) is 3.10. The normalized spacial score (nSPS) is 44.4. The number of primary amides is 1. The molecule has 4 rings (SSSR count). The van der Waals surface area contributed by atoms with Gasteiger partial charge in [0.05, 0.1) is 30.3 Å². The molecule has 4 heterocycles. The third-order valence-corrected chi connectivity index (χ3v) is 5.76. The van der Waals surface area contributed by atoms with Crippen LogP contribution >= 0.6 is 0 Å². The Bertz CT molecular complexity index is 547. The molecular weight excluding hydrogens is 326 g/mol. The minimum Gasteiger partial charge on any atom is -0.376 e. The van der Waals surface area contributed by atoms with Gasteiger partial charge in [0.2, 0.25) is 5.91 Å². The minimum atomic E-state index is -0.480. The molecule has 6 unspecified atom stereocenters. The molecule has 0 saturated carbocycles. The zero-order chi connectivity index (χ0) is 17.6. The number of nitrogens with zero attached hydrogens (tertiary/aromatic N) is 1. The van der Waals surface area contributed by atoms with Crippen molar-refractivity contribution in [2.45, 2.75) is 69.4 Å². The van der Waals surface area contributed by atoms with E-state index in [0.717, 1.165) is 19.4 Å². The molecule has 7 atom stereocenters. The second-order valence-electron chi connectivity index (χ2n) is 7.40. The summed E-state index contributed by atoms with van der Waals surface area (Å²) in [4.78, 5) is 26.3. The van der Waals surface area contributed by atoms with Crippen molar-refractivity contribution >= 4 is 11.9 Å². The summed E-state index contributed by atoms with van der Waals surface area (Å²) in [5, 5.41) is 9.73. The van der Waals surface area contributed by atoms with E-state index in [2.05, 4.69) is 16.0 Å². The summed E-state index contributed by atoms with van der Waals surface area (Å²) in [6, 6.07) is -0.183. The lowest BCUT2D eigenvalue weighted by Crippen LogP contribution is -2.64. The maximum atomic E-state index is 12.6. The highest BCUT2D eigenvalue weighted by Gasteiger charge is 2.51. The van der Waals surface area contributed by atoms with E-state index in [-0.39, 0.29) is 48.4 Å². The molecule has 140 valence electrons. The molecular formula is C16H27N5O4. The summed E-state index contributed by atoms with van der Waals surface area (Å²) in [6.07, 6.45) is 1.99. The van der Waals surface area contributed by atoms with Gasteiger partial charge in [0.1, 0.15) is 12.4 Å². The van der Waals surface area contributed by atoms with Gasteiger partial charge < -0.3 is 25.4 Å². The lowest BCUT2D eigenvalue weighted by atomic mass is 9.93. The number of nitrogens with one attached hydrogen (secondary N) is 3. The van der Waals surface area contributed by atoms with Gasteiger partial charge in [-0.25, -0.2) is 4.79 Å². The molecule has 0 aromatic heterocycles. The number of piperidine rings is 2. The molecule has 4 fully saturated rings. The van der Waals surface area contributed by atoms with Gasteiger partial charge in [0.25, 0.3) is 0 Å². The lowest BCUT2D eigenvalue weighted by Gasteiger charge is -2.44. The fourth-order valence-electron chi connectivity index (χ4n) is 4.46. The Morgan fingerprint density at radius 1 is 1.28 bits per heavy atom. The van der Waals surface area contributed by atoms with Crippen molar-refractivity contribution in [3.05, 3.63) is 0 Å². The molecule has 5 N–H and O–H groups in total. The Labute approximate surface area is 146 Å². The van der Waals surface area contributed by atoms with E-state index in [1.54, 1.807) is 0 Å². The number of carbonyl (C=O) groups excluding carboxylic acids is 2. The first-order valence-corrected chi connectivity index (χ1v) is 9.19. The summed E-state index contributed by atoms with van der Waals surface area (Å²) in [6.45, 7) is 3.36. The largest absolute Gasteiger partial charge is 0.376 e. The predicted octanol–water partition coefficient (Wildman–Crippen LogP) is -0.969. The molecule has 0 aromatic carbocycles. The molecule has 2 bridgehead atoms. The Balaban J connectivity index is 1.63. The van der Waals surface area contributed by atoms with E-state index in [0.29, 0.717) is 19.4 Å². The van der Waals surface area contributed by atoms with Gasteiger partial charge >= 0.3 is 6.03 Å². The number of hydrogen-bond acceptors (Lipinski definition) is 6. The highest BCUT2D eigenvalue weighted by atomic mass is 16.5. The zero-order valence-electron chi connectivity index (χ0n) is 14.4. The zero-order valence-corrected chi connectivity index (χ0v) is 14.4. The molecule has 25 heavy (non-hydrogen) atoms. The van der Waals surface area contributed by atoms with E-state index >= 15 is 0 Å². The van der Waals surface area contributed by atoms with E-state index in [1.165, 1.54) is 0 Å². The van der Waals surface area contributed by atoms with Gasteiger partial charge in [-0.2, -0.15) is 0 Å². The van der Waals surface area contributed by atoms with Crippen molar-refractivity contribution in [1.82, 2.24) is 20.9 Å². The van der Waals surface area contributed by atoms with E-state index < -0.39 is 6.23 Å². The predicted molar refractivity (Wildman–Crippen MR) is 88.1 cm³/mol. The number of ether oxygens (including phenoxy) is 2. The molecule has 0 spiro atoms. The van der Waals surface area contributed by atoms with Crippen LogP contribution in [0.2, 0.25) is 0 Å². The highest BCUT2D eigenvalue weighted by Crippen LogP contribution is 2.31. The smallest absolute Gasteiger partial charge is 0.320 e. The number of fused-ring (bicyclic) bond motifs is 3. The van der Waals surface area contributed by atoms with Gasteiger partial charge in [-0.15, -0.1) is 0 Å². The van der Waals surface area contributed by atoms with Crippen LogP contribution in [0.5, 0.6) is 0 Å². The van der Waals surface area contributed by atoms with Crippen LogP contribution in [0.3, 0.4) is 0 Å². The maximum Gasteiger partial charge on any atom is 0.320 e. The number of carbonyl (C=O) groups is 2. The number of rotatable bonds is 1. The van der Waals surface area contributed by atoms with Crippen LogP contribution in [0.15, 0.2) is 0 Å². The van der Waals surface area contributed by atoms with Crippen molar-refractivity contribution in [2.24, 2.45) is 11.7 Å². The second-order valence-corrected chi connectivity index (χ2v) is 7.40. The molecule has 4 aliphatic heterocycles. The van der Waals surface area contributed by atoms with Crippen LogP contribution in [-0.4, -0.2) is 66.8 Å². The molecule has 9 nitrogen and oxygen atoms in total. The third-order valence-electron chi connectivity index (χ3n) is 5.76. The Kier molecular flexibility index (Phi) is 4.57. The summed E-state index contributed by atoms with van der Waals surface area (Å²) in [7, 11) is 0. The van der Waals surface area contributed by atoms with Gasteiger partial charge in [-0.3, -0.25) is 15.4 Å². The summed E-state index contributed by atoms with van der Waals surface area (Å²) in [5.74, 6) is -0.752. The Morgan fingerprint density at radius 3 is 2.92 bits per heavy atom. The Morgan fingerprint density at radius 2 is 2.12 bits per heavy atom. The van der Waals surface area contributed by atoms with Gasteiger partial charge in [0.15, 0.2) is 0 Å². The van der Waals surface area contributed by atoms with E-state index in [1.807, 2.05) is 11.8 Å². The van der Waals surface area contributed by atoms with Crippen LogP contribution in [0, 0.1) is 5.92 Å². The fraction of sp³-hybridized carbons (Fsp3) is 0.875. The standard InChI is InChI=1S/C16H27N5O4/c1-8-5-7-24-10-4-6-18-14-12(10)21(16(23)20-14)11-3-2-9(13(17)22)15(19-11)25-8/h8-12,14-15,18-19H,2-7H2,1H3,(H2,17,22)(H,20,23)/t8-,9?,10?,11?,12?,14?,15?/m0/s1.